The number of hydrogen-bond acceptors (Lipinski definition) is 5. The van der Waals surface area contributed by atoms with Crippen molar-refractivity contribution in [3.05, 3.63) is 58.1 Å². The van der Waals surface area contributed by atoms with Crippen LogP contribution in [-0.4, -0.2) is 30.1 Å². The molecule has 0 radical (unpaired) electrons. The Hall–Kier alpha value is -2.65. The minimum atomic E-state index is -0.455. The number of hydrogen-bond donors (Lipinski definition) is 3. The van der Waals surface area contributed by atoms with Crippen LogP contribution < -0.4 is 25.6 Å². The van der Waals surface area contributed by atoms with Crippen LogP contribution in [0.2, 0.25) is 0 Å². The van der Waals surface area contributed by atoms with Gasteiger partial charge in [-0.25, -0.2) is 0 Å². The van der Waals surface area contributed by atoms with Gasteiger partial charge in [0.1, 0.15) is 11.5 Å². The fraction of sp³-hybridized carbons (Fsp3) is 0.211. The molecule has 7 nitrogen and oxygen atoms in total. The van der Waals surface area contributed by atoms with Crippen LogP contribution in [0.3, 0.4) is 0 Å². The van der Waals surface area contributed by atoms with E-state index in [-0.39, 0.29) is 18.3 Å². The molecule has 0 saturated carbocycles. The maximum atomic E-state index is 11.9. The van der Waals surface area contributed by atoms with Crippen molar-refractivity contribution in [2.24, 2.45) is 0 Å². The van der Waals surface area contributed by atoms with Gasteiger partial charge < -0.3 is 9.47 Å². The van der Waals surface area contributed by atoms with E-state index in [1.807, 2.05) is 38.1 Å². The fourth-order valence-corrected chi connectivity index (χ4v) is 2.41. The van der Waals surface area contributed by atoms with E-state index in [2.05, 4.69) is 32.1 Å². The average molecular weight is 466 g/mol. The first kappa shape index (κ1) is 21.6. The molecule has 9 heteroatoms. The molecule has 0 spiro atoms. The van der Waals surface area contributed by atoms with Gasteiger partial charge in [-0.05, 0) is 62.0 Å². The van der Waals surface area contributed by atoms with E-state index in [4.69, 9.17) is 21.7 Å². The molecule has 2 rings (SSSR count). The second kappa shape index (κ2) is 10.6. The van der Waals surface area contributed by atoms with E-state index >= 15 is 0 Å². The van der Waals surface area contributed by atoms with Gasteiger partial charge in [-0.1, -0.05) is 33.6 Å². The third kappa shape index (κ3) is 7.53. The molecular formula is C19H20BrN3O4S. The van der Waals surface area contributed by atoms with Crippen LogP contribution >= 0.6 is 28.1 Å². The molecule has 0 bridgehead atoms. The predicted molar refractivity (Wildman–Crippen MR) is 113 cm³/mol. The summed E-state index contributed by atoms with van der Waals surface area (Å²) in [6.07, 6.45) is 0. The van der Waals surface area contributed by atoms with Gasteiger partial charge in [0.25, 0.3) is 11.8 Å². The number of thiocarbonyl (C=S) groups is 1. The van der Waals surface area contributed by atoms with Crippen molar-refractivity contribution >= 4 is 45.1 Å². The van der Waals surface area contributed by atoms with Gasteiger partial charge in [-0.3, -0.25) is 25.8 Å². The van der Waals surface area contributed by atoms with Crippen molar-refractivity contribution in [3.8, 4) is 11.5 Å². The lowest BCUT2D eigenvalue weighted by Crippen LogP contribution is -2.50. The molecule has 0 atom stereocenters. The van der Waals surface area contributed by atoms with Crippen molar-refractivity contribution in [1.82, 2.24) is 16.2 Å². The standard InChI is InChI=1S/C19H20BrN3O4S/c1-12-3-5-14(6-4-12)26-11-18(25)22-23-19(28)21-17(24)10-27-15-7-8-16(20)13(2)9-15/h3-9H,10-11H2,1-2H3,(H,22,25)(H2,21,23,24,28). The summed E-state index contributed by atoms with van der Waals surface area (Å²) >= 11 is 8.34. The number of rotatable bonds is 6. The van der Waals surface area contributed by atoms with Gasteiger partial charge >= 0.3 is 0 Å². The molecule has 0 unspecified atom stereocenters. The Morgan fingerprint density at radius 3 is 2.21 bits per heavy atom. The number of halogens is 1. The summed E-state index contributed by atoms with van der Waals surface area (Å²) in [5.41, 5.74) is 6.86. The van der Waals surface area contributed by atoms with Gasteiger partial charge in [-0.2, -0.15) is 0 Å². The monoisotopic (exact) mass is 465 g/mol. The Kier molecular flexibility index (Phi) is 8.21. The highest BCUT2D eigenvalue weighted by atomic mass is 79.9. The molecule has 0 aliphatic rings. The summed E-state index contributed by atoms with van der Waals surface area (Å²) in [5, 5.41) is 2.35. The lowest BCUT2D eigenvalue weighted by Gasteiger charge is -2.12. The van der Waals surface area contributed by atoms with E-state index in [9.17, 15) is 9.59 Å². The summed E-state index contributed by atoms with van der Waals surface area (Å²) in [5.74, 6) is 0.246. The van der Waals surface area contributed by atoms with Crippen LogP contribution in [0.5, 0.6) is 11.5 Å². The SMILES string of the molecule is Cc1ccc(OCC(=O)NNC(=S)NC(=O)COc2ccc(Br)c(C)c2)cc1. The van der Waals surface area contributed by atoms with E-state index in [1.165, 1.54) is 0 Å². The average Bonchev–Trinajstić information content (AvgIpc) is 2.67. The molecular weight excluding hydrogens is 446 g/mol. The fourth-order valence-electron chi connectivity index (χ4n) is 2.00. The normalized spacial score (nSPS) is 9.96. The molecule has 0 aliphatic heterocycles. The Bertz CT molecular complexity index is 859. The van der Waals surface area contributed by atoms with Gasteiger partial charge in [0.15, 0.2) is 18.3 Å². The number of hydrazine groups is 1. The molecule has 0 aromatic heterocycles. The third-order valence-corrected chi connectivity index (χ3v) is 4.55. The number of carbonyl (C=O) groups excluding carboxylic acids is 2. The van der Waals surface area contributed by atoms with Crippen LogP contribution in [0.4, 0.5) is 0 Å². The van der Waals surface area contributed by atoms with Crippen molar-refractivity contribution in [2.45, 2.75) is 13.8 Å². The lowest BCUT2D eigenvalue weighted by atomic mass is 10.2. The molecule has 3 N–H and O–H groups in total. The maximum absolute atomic E-state index is 11.9. The quantitative estimate of drug-likeness (QED) is 0.448. The smallest absolute Gasteiger partial charge is 0.276 e. The van der Waals surface area contributed by atoms with Gasteiger partial charge in [-0.15, -0.1) is 0 Å². The molecule has 2 amide bonds. The summed E-state index contributed by atoms with van der Waals surface area (Å²) < 4.78 is 11.7. The molecule has 0 aliphatic carbocycles. The summed E-state index contributed by atoms with van der Waals surface area (Å²) in [6.45, 7) is 3.47. The van der Waals surface area contributed by atoms with E-state index in [0.717, 1.165) is 15.6 Å². The summed E-state index contributed by atoms with van der Waals surface area (Å²) in [4.78, 5) is 23.6. The van der Waals surface area contributed by atoms with E-state index < -0.39 is 11.8 Å². The maximum Gasteiger partial charge on any atom is 0.276 e. The number of aryl methyl sites for hydroxylation is 2. The Balaban J connectivity index is 1.65. The second-order valence-electron chi connectivity index (χ2n) is 5.85. The first-order chi connectivity index (χ1) is 13.3. The van der Waals surface area contributed by atoms with Crippen molar-refractivity contribution < 1.29 is 19.1 Å². The number of nitrogens with one attached hydrogen (secondary N) is 3. The Morgan fingerprint density at radius 2 is 1.54 bits per heavy atom. The number of benzene rings is 2. The molecule has 0 saturated heterocycles. The lowest BCUT2D eigenvalue weighted by molar-refractivity contribution is -0.124. The first-order valence-electron chi connectivity index (χ1n) is 8.30. The van der Waals surface area contributed by atoms with Crippen molar-refractivity contribution in [1.29, 1.82) is 0 Å². The zero-order chi connectivity index (χ0) is 20.5. The van der Waals surface area contributed by atoms with Gasteiger partial charge in [0.2, 0.25) is 0 Å². The zero-order valence-corrected chi connectivity index (χ0v) is 17.8. The van der Waals surface area contributed by atoms with Crippen LogP contribution in [0.25, 0.3) is 0 Å². The first-order valence-corrected chi connectivity index (χ1v) is 9.50. The number of ether oxygens (including phenoxy) is 2. The van der Waals surface area contributed by atoms with Crippen LogP contribution in [0.15, 0.2) is 46.9 Å². The van der Waals surface area contributed by atoms with Crippen LogP contribution in [0.1, 0.15) is 11.1 Å². The van der Waals surface area contributed by atoms with Gasteiger partial charge in [0.05, 0.1) is 0 Å². The van der Waals surface area contributed by atoms with E-state index in [1.54, 1.807) is 18.2 Å². The minimum absolute atomic E-state index is 0.0516. The topological polar surface area (TPSA) is 88.7 Å². The number of carbonyl (C=O) groups is 2. The number of amides is 2. The Morgan fingerprint density at radius 1 is 0.929 bits per heavy atom. The molecule has 148 valence electrons. The minimum Gasteiger partial charge on any atom is -0.484 e. The largest absolute Gasteiger partial charge is 0.484 e. The highest BCUT2D eigenvalue weighted by Gasteiger charge is 2.08. The van der Waals surface area contributed by atoms with E-state index in [0.29, 0.717) is 11.5 Å². The third-order valence-electron chi connectivity index (χ3n) is 3.46. The summed E-state index contributed by atoms with van der Waals surface area (Å²) in [6, 6.07) is 12.7. The van der Waals surface area contributed by atoms with Gasteiger partial charge in [0, 0.05) is 4.47 Å². The highest BCUT2D eigenvalue weighted by Crippen LogP contribution is 2.21. The van der Waals surface area contributed by atoms with Crippen molar-refractivity contribution in [2.75, 3.05) is 13.2 Å². The predicted octanol–water partition coefficient (Wildman–Crippen LogP) is 2.55. The second-order valence-corrected chi connectivity index (χ2v) is 7.11. The molecule has 2 aromatic rings. The molecule has 2 aromatic carbocycles. The molecule has 0 fully saturated rings. The highest BCUT2D eigenvalue weighted by molar-refractivity contribution is 9.10. The molecule has 0 heterocycles. The zero-order valence-electron chi connectivity index (χ0n) is 15.4. The molecule has 28 heavy (non-hydrogen) atoms. The summed E-state index contributed by atoms with van der Waals surface area (Å²) in [7, 11) is 0. The van der Waals surface area contributed by atoms with Crippen LogP contribution in [-0.2, 0) is 9.59 Å². The van der Waals surface area contributed by atoms with Crippen LogP contribution in [0, 0.1) is 13.8 Å². The Labute approximate surface area is 176 Å². The van der Waals surface area contributed by atoms with Crippen molar-refractivity contribution in [3.63, 3.8) is 0 Å².